The zero-order valence-corrected chi connectivity index (χ0v) is 15.5. The van der Waals surface area contributed by atoms with E-state index >= 15 is 0 Å². The number of likely N-dealkylation sites (tertiary alicyclic amines) is 1. The van der Waals surface area contributed by atoms with E-state index < -0.39 is 0 Å². The minimum absolute atomic E-state index is 0.0413. The van der Waals surface area contributed by atoms with E-state index in [2.05, 4.69) is 36.2 Å². The minimum atomic E-state index is -0.169. The summed E-state index contributed by atoms with van der Waals surface area (Å²) in [4.78, 5) is 30.5. The van der Waals surface area contributed by atoms with E-state index in [0.717, 1.165) is 18.5 Å². The Balaban J connectivity index is 1.75. The lowest BCUT2D eigenvalue weighted by atomic mass is 9.92. The number of nitrogens with one attached hydrogen (secondary N) is 1. The molecule has 0 spiro atoms. The van der Waals surface area contributed by atoms with Crippen molar-refractivity contribution in [3.05, 3.63) is 39.8 Å². The van der Waals surface area contributed by atoms with Crippen molar-refractivity contribution in [2.75, 3.05) is 11.9 Å². The van der Waals surface area contributed by atoms with Crippen molar-refractivity contribution in [3.63, 3.8) is 0 Å². The monoisotopic (exact) mass is 361 g/mol. The molecule has 3 heterocycles. The zero-order chi connectivity index (χ0) is 18.0. The Labute approximate surface area is 150 Å². The molecule has 0 bridgehead atoms. The van der Waals surface area contributed by atoms with E-state index in [1.165, 1.54) is 16.0 Å². The van der Waals surface area contributed by atoms with Gasteiger partial charge in [-0.3, -0.25) is 10.1 Å². The molecule has 2 amide bonds. The summed E-state index contributed by atoms with van der Waals surface area (Å²) in [7, 11) is 0. The van der Waals surface area contributed by atoms with Crippen LogP contribution < -0.4 is 10.9 Å². The van der Waals surface area contributed by atoms with E-state index in [0.29, 0.717) is 18.2 Å². The minimum Gasteiger partial charge on any atom is -0.320 e. The second-order valence-electron chi connectivity index (χ2n) is 7.25. The van der Waals surface area contributed by atoms with E-state index in [1.54, 1.807) is 23.2 Å². The third-order valence-electron chi connectivity index (χ3n) is 4.30. The summed E-state index contributed by atoms with van der Waals surface area (Å²) >= 11 is 1.39. The van der Waals surface area contributed by atoms with Gasteiger partial charge in [-0.2, -0.15) is 5.10 Å². The average molecular weight is 361 g/mol. The first-order valence-corrected chi connectivity index (χ1v) is 9.28. The molecule has 1 aliphatic rings. The molecule has 1 atom stereocenters. The van der Waals surface area contributed by atoms with Gasteiger partial charge < -0.3 is 4.90 Å². The quantitative estimate of drug-likeness (QED) is 0.911. The Morgan fingerprint density at radius 2 is 2.20 bits per heavy atom. The van der Waals surface area contributed by atoms with Gasteiger partial charge in [0.15, 0.2) is 5.13 Å². The van der Waals surface area contributed by atoms with Gasteiger partial charge >= 0.3 is 6.03 Å². The van der Waals surface area contributed by atoms with E-state index in [4.69, 9.17) is 0 Å². The highest BCUT2D eigenvalue weighted by Gasteiger charge is 2.30. The second-order valence-corrected chi connectivity index (χ2v) is 8.14. The van der Waals surface area contributed by atoms with Gasteiger partial charge in [0, 0.05) is 29.6 Å². The first kappa shape index (κ1) is 17.6. The van der Waals surface area contributed by atoms with Crippen LogP contribution in [0.2, 0.25) is 0 Å². The Hall–Kier alpha value is -2.22. The molecule has 7 nitrogen and oxygen atoms in total. The smallest absolute Gasteiger partial charge is 0.320 e. The third-order valence-corrected chi connectivity index (χ3v) is 4.99. The van der Waals surface area contributed by atoms with Crippen molar-refractivity contribution in [3.8, 4) is 0 Å². The number of thiazole rings is 1. The molecule has 0 saturated carbocycles. The van der Waals surface area contributed by atoms with Gasteiger partial charge in [0.25, 0.3) is 5.56 Å². The summed E-state index contributed by atoms with van der Waals surface area (Å²) in [5, 5.41) is 9.73. The maximum absolute atomic E-state index is 12.5. The van der Waals surface area contributed by atoms with Crippen molar-refractivity contribution in [1.29, 1.82) is 0 Å². The average Bonchev–Trinajstić information content (AvgIpc) is 3.19. The number of carbonyl (C=O) groups excluding carboxylic acids is 1. The molecule has 3 rings (SSSR count). The van der Waals surface area contributed by atoms with Crippen molar-refractivity contribution in [1.82, 2.24) is 19.7 Å². The van der Waals surface area contributed by atoms with Crippen LogP contribution in [0.25, 0.3) is 0 Å². The fourth-order valence-corrected chi connectivity index (χ4v) is 3.44. The predicted octanol–water partition coefficient (Wildman–Crippen LogP) is 2.69. The number of carbonyl (C=O) groups is 1. The number of aromatic nitrogens is 3. The van der Waals surface area contributed by atoms with Gasteiger partial charge in [0.2, 0.25) is 0 Å². The molecule has 2 aromatic heterocycles. The highest BCUT2D eigenvalue weighted by molar-refractivity contribution is 7.13. The number of urea groups is 1. The van der Waals surface area contributed by atoms with Crippen molar-refractivity contribution >= 4 is 22.5 Å². The van der Waals surface area contributed by atoms with Crippen LogP contribution in [-0.4, -0.2) is 38.3 Å². The summed E-state index contributed by atoms with van der Waals surface area (Å²) in [6, 6.07) is 3.13. The Morgan fingerprint density at radius 1 is 1.40 bits per heavy atom. The first-order chi connectivity index (χ1) is 11.8. The lowest BCUT2D eigenvalue weighted by Crippen LogP contribution is -2.43. The number of hydrogen-bond acceptors (Lipinski definition) is 5. The highest BCUT2D eigenvalue weighted by Crippen LogP contribution is 2.22. The van der Waals surface area contributed by atoms with Crippen molar-refractivity contribution < 1.29 is 4.79 Å². The van der Waals surface area contributed by atoms with Gasteiger partial charge in [-0.1, -0.05) is 20.8 Å². The SMILES string of the molecule is CC(C)(C)c1ccc(=O)n(CC2CCCN2C(=O)Nc2nccs2)n1. The van der Waals surface area contributed by atoms with Crippen LogP contribution >= 0.6 is 11.3 Å². The normalized spacial score (nSPS) is 17.7. The molecule has 25 heavy (non-hydrogen) atoms. The van der Waals surface area contributed by atoms with E-state index in [1.807, 2.05) is 5.38 Å². The molecular weight excluding hydrogens is 338 g/mol. The van der Waals surface area contributed by atoms with Crippen LogP contribution in [0.5, 0.6) is 0 Å². The second kappa shape index (κ2) is 6.95. The number of hydrogen-bond donors (Lipinski definition) is 1. The maximum Gasteiger partial charge on any atom is 0.323 e. The van der Waals surface area contributed by atoms with Crippen LogP contribution in [0.3, 0.4) is 0 Å². The molecule has 1 unspecified atom stereocenters. The fraction of sp³-hybridized carbons (Fsp3) is 0.529. The summed E-state index contributed by atoms with van der Waals surface area (Å²) in [6.45, 7) is 7.28. The van der Waals surface area contributed by atoms with Crippen LogP contribution in [0.15, 0.2) is 28.5 Å². The zero-order valence-electron chi connectivity index (χ0n) is 14.7. The first-order valence-electron chi connectivity index (χ1n) is 8.40. The summed E-state index contributed by atoms with van der Waals surface area (Å²) in [5.74, 6) is 0. The molecule has 8 heteroatoms. The highest BCUT2D eigenvalue weighted by atomic mass is 32.1. The Kier molecular flexibility index (Phi) is 4.89. The Morgan fingerprint density at radius 3 is 2.88 bits per heavy atom. The number of nitrogens with zero attached hydrogens (tertiary/aromatic N) is 4. The molecule has 2 aromatic rings. The maximum atomic E-state index is 12.5. The van der Waals surface area contributed by atoms with Crippen LogP contribution in [0.4, 0.5) is 9.93 Å². The van der Waals surface area contributed by atoms with Gasteiger partial charge in [-0.15, -0.1) is 11.3 Å². The molecule has 134 valence electrons. The van der Waals surface area contributed by atoms with Crippen molar-refractivity contribution in [2.45, 2.75) is 51.6 Å². The summed E-state index contributed by atoms with van der Waals surface area (Å²) < 4.78 is 1.49. The van der Waals surface area contributed by atoms with Gasteiger partial charge in [0.05, 0.1) is 18.3 Å². The van der Waals surface area contributed by atoms with E-state index in [-0.39, 0.29) is 23.0 Å². The number of rotatable bonds is 3. The van der Waals surface area contributed by atoms with Crippen LogP contribution in [0.1, 0.15) is 39.3 Å². The molecule has 0 radical (unpaired) electrons. The third kappa shape index (κ3) is 4.07. The van der Waals surface area contributed by atoms with Gasteiger partial charge in [-0.05, 0) is 18.9 Å². The van der Waals surface area contributed by atoms with Crippen molar-refractivity contribution in [2.24, 2.45) is 0 Å². The largest absolute Gasteiger partial charge is 0.323 e. The molecule has 1 saturated heterocycles. The molecule has 1 fully saturated rings. The lowest BCUT2D eigenvalue weighted by molar-refractivity contribution is 0.198. The standard InChI is InChI=1S/C17H23N5O2S/c1-17(2,3)13-6-7-14(23)22(20-13)11-12-5-4-9-21(12)16(24)19-15-18-8-10-25-15/h6-8,10,12H,4-5,9,11H2,1-3H3,(H,18,19,24). The summed E-state index contributed by atoms with van der Waals surface area (Å²) in [5.41, 5.74) is 0.594. The molecular formula is C17H23N5O2S. The molecule has 0 aromatic carbocycles. The molecule has 1 N–H and O–H groups in total. The number of anilines is 1. The topological polar surface area (TPSA) is 80.1 Å². The molecule has 0 aliphatic carbocycles. The summed E-state index contributed by atoms with van der Waals surface area (Å²) in [6.07, 6.45) is 3.44. The van der Waals surface area contributed by atoms with Crippen LogP contribution in [0, 0.1) is 0 Å². The predicted molar refractivity (Wildman–Crippen MR) is 98.1 cm³/mol. The lowest BCUT2D eigenvalue weighted by Gasteiger charge is -2.25. The van der Waals surface area contributed by atoms with E-state index in [9.17, 15) is 9.59 Å². The Bertz CT molecular complexity index is 794. The molecule has 1 aliphatic heterocycles. The van der Waals surface area contributed by atoms with Crippen LogP contribution in [-0.2, 0) is 12.0 Å². The fourth-order valence-electron chi connectivity index (χ4n) is 2.92. The van der Waals surface area contributed by atoms with Gasteiger partial charge in [0.1, 0.15) is 0 Å². The van der Waals surface area contributed by atoms with Gasteiger partial charge in [-0.25, -0.2) is 14.5 Å². The number of amides is 2.